The number of amides is 1. The van der Waals surface area contributed by atoms with Crippen molar-refractivity contribution in [1.29, 1.82) is 0 Å². The zero-order chi connectivity index (χ0) is 15.5. The number of hydrogen-bond acceptors (Lipinski definition) is 3. The van der Waals surface area contributed by atoms with Crippen LogP contribution in [0.25, 0.3) is 0 Å². The van der Waals surface area contributed by atoms with Crippen molar-refractivity contribution >= 4 is 5.91 Å². The number of halogens is 3. The second kappa shape index (κ2) is 6.01. The smallest absolute Gasteiger partial charge is 0.417 e. The molecule has 0 bridgehead atoms. The summed E-state index contributed by atoms with van der Waals surface area (Å²) in [7, 11) is 0. The van der Waals surface area contributed by atoms with Crippen LogP contribution in [-0.4, -0.2) is 17.6 Å². The van der Waals surface area contributed by atoms with Crippen LogP contribution in [0.3, 0.4) is 0 Å². The third-order valence-electron chi connectivity index (χ3n) is 2.86. The molecule has 0 fully saturated rings. The van der Waals surface area contributed by atoms with Gasteiger partial charge in [0.15, 0.2) is 0 Å². The summed E-state index contributed by atoms with van der Waals surface area (Å²) in [6.07, 6.45) is -3.03. The lowest BCUT2D eigenvalue weighted by molar-refractivity contribution is -0.137. The second-order valence-corrected chi connectivity index (χ2v) is 4.33. The topological polar surface area (TPSA) is 62.5 Å². The second-order valence-electron chi connectivity index (χ2n) is 4.33. The van der Waals surface area contributed by atoms with Gasteiger partial charge in [-0.1, -0.05) is 12.1 Å². The van der Waals surface area contributed by atoms with Crippen LogP contribution < -0.4 is 5.32 Å². The Balaban J connectivity index is 2.08. The van der Waals surface area contributed by atoms with E-state index in [2.05, 4.69) is 5.32 Å². The molecule has 2 aromatic rings. The molecule has 7 heteroatoms. The van der Waals surface area contributed by atoms with Gasteiger partial charge in [-0.3, -0.25) is 4.79 Å². The van der Waals surface area contributed by atoms with E-state index in [1.54, 1.807) is 0 Å². The molecule has 4 nitrogen and oxygen atoms in total. The zero-order valence-corrected chi connectivity index (χ0v) is 10.7. The molecule has 0 aliphatic rings. The molecular formula is C14H12F3NO3. The van der Waals surface area contributed by atoms with Gasteiger partial charge in [-0.15, -0.1) is 0 Å². The molecule has 0 saturated heterocycles. The molecular weight excluding hydrogens is 287 g/mol. The van der Waals surface area contributed by atoms with Crippen LogP contribution in [0.1, 0.15) is 27.6 Å². The fraction of sp³-hybridized carbons (Fsp3) is 0.214. The first-order chi connectivity index (χ1) is 9.89. The van der Waals surface area contributed by atoms with E-state index in [-0.39, 0.29) is 6.54 Å². The van der Waals surface area contributed by atoms with Crippen LogP contribution >= 0.6 is 0 Å². The maximum Gasteiger partial charge on any atom is 0.417 e. The summed E-state index contributed by atoms with van der Waals surface area (Å²) in [5.41, 5.74) is -1.07. The highest BCUT2D eigenvalue weighted by molar-refractivity contribution is 5.95. The molecule has 1 atom stereocenters. The van der Waals surface area contributed by atoms with Gasteiger partial charge in [-0.25, -0.2) is 0 Å². The lowest BCUT2D eigenvalue weighted by Gasteiger charge is -2.14. The minimum Gasteiger partial charge on any atom is -0.472 e. The van der Waals surface area contributed by atoms with Crippen molar-refractivity contribution in [3.05, 3.63) is 59.5 Å². The van der Waals surface area contributed by atoms with E-state index in [1.807, 2.05) is 0 Å². The summed E-state index contributed by atoms with van der Waals surface area (Å²) in [6.45, 7) is -0.218. The van der Waals surface area contributed by atoms with E-state index in [0.29, 0.717) is 5.56 Å². The van der Waals surface area contributed by atoms with Gasteiger partial charge < -0.3 is 14.8 Å². The summed E-state index contributed by atoms with van der Waals surface area (Å²) in [5, 5.41) is 12.0. The molecule has 0 aliphatic heterocycles. The Morgan fingerprint density at radius 1 is 1.29 bits per heavy atom. The molecule has 21 heavy (non-hydrogen) atoms. The lowest BCUT2D eigenvalue weighted by atomic mass is 10.1. The average Bonchev–Trinajstić information content (AvgIpc) is 2.97. The third kappa shape index (κ3) is 3.63. The van der Waals surface area contributed by atoms with Gasteiger partial charge in [0.05, 0.1) is 29.8 Å². The minimum absolute atomic E-state index is 0.218. The first kappa shape index (κ1) is 15.1. The quantitative estimate of drug-likeness (QED) is 0.912. The Hall–Kier alpha value is -2.28. The van der Waals surface area contributed by atoms with E-state index in [1.165, 1.54) is 30.7 Å². The number of nitrogens with one attached hydrogen (secondary N) is 1. The fourth-order valence-corrected chi connectivity index (χ4v) is 1.80. The number of carbonyl (C=O) groups is 1. The SMILES string of the molecule is O=C(NCC(O)c1ccoc1)c1ccccc1C(F)(F)F. The number of benzene rings is 1. The molecule has 112 valence electrons. The molecule has 1 aromatic carbocycles. The predicted molar refractivity (Wildman–Crippen MR) is 67.4 cm³/mol. The predicted octanol–water partition coefficient (Wildman–Crippen LogP) is 2.76. The van der Waals surface area contributed by atoms with E-state index in [0.717, 1.165) is 12.1 Å². The highest BCUT2D eigenvalue weighted by Crippen LogP contribution is 2.31. The van der Waals surface area contributed by atoms with Crippen LogP contribution in [0.4, 0.5) is 13.2 Å². The summed E-state index contributed by atoms with van der Waals surface area (Å²) >= 11 is 0. The minimum atomic E-state index is -4.61. The molecule has 0 spiro atoms. The highest BCUT2D eigenvalue weighted by atomic mass is 19.4. The van der Waals surface area contributed by atoms with E-state index in [9.17, 15) is 23.1 Å². The summed E-state index contributed by atoms with van der Waals surface area (Å²) in [4.78, 5) is 11.8. The summed E-state index contributed by atoms with van der Waals surface area (Å²) < 4.78 is 43.1. The first-order valence-corrected chi connectivity index (χ1v) is 6.04. The van der Waals surface area contributed by atoms with Gasteiger partial charge >= 0.3 is 6.18 Å². The first-order valence-electron chi connectivity index (χ1n) is 6.04. The molecule has 2 rings (SSSR count). The summed E-state index contributed by atoms with van der Waals surface area (Å²) in [5.74, 6) is -0.898. The Morgan fingerprint density at radius 2 is 2.00 bits per heavy atom. The lowest BCUT2D eigenvalue weighted by Crippen LogP contribution is -2.30. The molecule has 1 unspecified atom stereocenters. The Morgan fingerprint density at radius 3 is 2.62 bits per heavy atom. The molecule has 1 heterocycles. The van der Waals surface area contributed by atoms with Crippen LogP contribution in [0, 0.1) is 0 Å². The normalized spacial score (nSPS) is 13.0. The van der Waals surface area contributed by atoms with Crippen molar-refractivity contribution < 1.29 is 27.5 Å². The van der Waals surface area contributed by atoms with Crippen LogP contribution in [0.5, 0.6) is 0 Å². The van der Waals surface area contributed by atoms with Gasteiger partial charge in [-0.05, 0) is 18.2 Å². The number of aliphatic hydroxyl groups is 1. The fourth-order valence-electron chi connectivity index (χ4n) is 1.80. The summed E-state index contributed by atoms with van der Waals surface area (Å²) in [6, 6.07) is 5.97. The number of carbonyl (C=O) groups excluding carboxylic acids is 1. The van der Waals surface area contributed by atoms with Crippen LogP contribution in [-0.2, 0) is 6.18 Å². The number of rotatable bonds is 4. The van der Waals surface area contributed by atoms with Gasteiger partial charge in [0.1, 0.15) is 0 Å². The number of aliphatic hydroxyl groups excluding tert-OH is 1. The highest BCUT2D eigenvalue weighted by Gasteiger charge is 2.34. The Labute approximate surface area is 118 Å². The van der Waals surface area contributed by atoms with E-state index < -0.39 is 29.3 Å². The van der Waals surface area contributed by atoms with Crippen molar-refractivity contribution in [3.63, 3.8) is 0 Å². The van der Waals surface area contributed by atoms with Crippen molar-refractivity contribution in [2.75, 3.05) is 6.54 Å². The number of furan rings is 1. The molecule has 0 radical (unpaired) electrons. The van der Waals surface area contributed by atoms with Gasteiger partial charge in [0, 0.05) is 12.1 Å². The van der Waals surface area contributed by atoms with E-state index >= 15 is 0 Å². The largest absolute Gasteiger partial charge is 0.472 e. The number of alkyl halides is 3. The number of hydrogen-bond donors (Lipinski definition) is 2. The zero-order valence-electron chi connectivity index (χ0n) is 10.7. The third-order valence-corrected chi connectivity index (χ3v) is 2.86. The monoisotopic (exact) mass is 299 g/mol. The van der Waals surface area contributed by atoms with Crippen molar-refractivity contribution in [3.8, 4) is 0 Å². The Bertz CT molecular complexity index is 608. The molecule has 1 amide bonds. The molecule has 1 aromatic heterocycles. The van der Waals surface area contributed by atoms with Crippen molar-refractivity contribution in [2.45, 2.75) is 12.3 Å². The molecule has 0 aliphatic carbocycles. The van der Waals surface area contributed by atoms with Gasteiger partial charge in [-0.2, -0.15) is 13.2 Å². The standard InChI is InChI=1S/C14H12F3NO3/c15-14(16,17)11-4-2-1-3-10(11)13(20)18-7-12(19)9-5-6-21-8-9/h1-6,8,12,19H,7H2,(H,18,20). The van der Waals surface area contributed by atoms with Crippen molar-refractivity contribution in [2.24, 2.45) is 0 Å². The van der Waals surface area contributed by atoms with Crippen LogP contribution in [0.15, 0.2) is 47.3 Å². The average molecular weight is 299 g/mol. The molecule has 0 saturated carbocycles. The van der Waals surface area contributed by atoms with Gasteiger partial charge in [0.25, 0.3) is 5.91 Å². The van der Waals surface area contributed by atoms with E-state index in [4.69, 9.17) is 4.42 Å². The van der Waals surface area contributed by atoms with Crippen LogP contribution in [0.2, 0.25) is 0 Å². The molecule has 2 N–H and O–H groups in total. The maximum absolute atomic E-state index is 12.8. The van der Waals surface area contributed by atoms with Gasteiger partial charge in [0.2, 0.25) is 0 Å². The Kier molecular flexibility index (Phi) is 4.32. The van der Waals surface area contributed by atoms with Crippen molar-refractivity contribution in [1.82, 2.24) is 5.32 Å². The maximum atomic E-state index is 12.8.